The van der Waals surface area contributed by atoms with Crippen LogP contribution in [0.15, 0.2) is 48.6 Å². The summed E-state index contributed by atoms with van der Waals surface area (Å²) in [7, 11) is 1.33. The Hall–Kier alpha value is -5.27. The summed E-state index contributed by atoms with van der Waals surface area (Å²) >= 11 is 0. The molecule has 0 aliphatic carbocycles. The molecule has 0 aromatic heterocycles. The van der Waals surface area contributed by atoms with E-state index in [9.17, 15) is 34.2 Å². The van der Waals surface area contributed by atoms with Gasteiger partial charge in [-0.3, -0.25) is 19.2 Å². The number of aromatic hydroxyl groups is 1. The number of anilines is 2. The van der Waals surface area contributed by atoms with Crippen molar-refractivity contribution in [1.82, 2.24) is 15.5 Å². The maximum Gasteiger partial charge on any atom is 0.416 e. The van der Waals surface area contributed by atoms with Gasteiger partial charge < -0.3 is 60.5 Å². The third kappa shape index (κ3) is 11.6. The van der Waals surface area contributed by atoms with Crippen LogP contribution in [0.2, 0.25) is 0 Å². The topological polar surface area (TPSA) is 241 Å². The highest BCUT2D eigenvalue weighted by Gasteiger charge is 2.46. The van der Waals surface area contributed by atoms with E-state index >= 15 is 0 Å². The van der Waals surface area contributed by atoms with Crippen molar-refractivity contribution in [3.05, 3.63) is 59.7 Å². The molecule has 2 aliphatic heterocycles. The van der Waals surface area contributed by atoms with E-state index in [0.29, 0.717) is 56.4 Å². The van der Waals surface area contributed by atoms with Crippen LogP contribution < -0.4 is 31.3 Å². The SMILES string of the molecule is C=C1CC2[C@@H](O)N(C(=O)OCc3ccc(NC(=O)[C@H](C)NC(=O)[C@H](C)NC(=O)CCOCCOCCOCCN)cc3)c3cc(O)c(OC)cc3C(=O)N2C1. The standard InChI is InChI=1S/C37H50N6O12/c1-22-17-29-36(49)43(28-19-30(44)31(51-4)18-27(28)35(48)42(29)20-22)37(50)55-21-25-5-7-26(8-6-25)41-34(47)24(3)40-33(46)23(2)39-32(45)9-11-52-13-15-54-16-14-53-12-10-38/h5-8,18-19,23-24,29,36,44,49H,1,9-17,20-21,38H2,2-4H3,(H,39,45)(H,40,46)(H,41,47)/t23-,24-,29?,36+/m0/s1. The van der Waals surface area contributed by atoms with Gasteiger partial charge in [0.1, 0.15) is 18.7 Å². The predicted molar refractivity (Wildman–Crippen MR) is 198 cm³/mol. The second-order valence-corrected chi connectivity index (χ2v) is 12.9. The number of carbonyl (C=O) groups excluding carboxylic acids is 5. The summed E-state index contributed by atoms with van der Waals surface area (Å²) in [5.41, 5.74) is 6.97. The minimum atomic E-state index is -1.50. The van der Waals surface area contributed by atoms with Crippen molar-refractivity contribution < 1.29 is 57.9 Å². The molecule has 1 unspecified atom stereocenters. The molecule has 4 atom stereocenters. The van der Waals surface area contributed by atoms with Crippen molar-refractivity contribution in [1.29, 1.82) is 0 Å². The molecular formula is C37H50N6O12. The number of hydrogen-bond acceptors (Lipinski definition) is 13. The lowest BCUT2D eigenvalue weighted by Gasteiger charge is -2.31. The van der Waals surface area contributed by atoms with Gasteiger partial charge in [0.2, 0.25) is 17.7 Å². The number of aliphatic hydroxyl groups is 1. The van der Waals surface area contributed by atoms with Gasteiger partial charge in [0.25, 0.3) is 5.91 Å². The fraction of sp³-hybridized carbons (Fsp3) is 0.486. The first kappa shape index (κ1) is 42.5. The van der Waals surface area contributed by atoms with Crippen molar-refractivity contribution >= 4 is 41.1 Å². The number of nitrogens with one attached hydrogen (secondary N) is 3. The molecule has 4 rings (SSSR count). The molecule has 2 heterocycles. The Balaban J connectivity index is 1.23. The second kappa shape index (κ2) is 20.4. The van der Waals surface area contributed by atoms with Crippen LogP contribution in [0.3, 0.4) is 0 Å². The number of aliphatic hydroxyl groups excluding tert-OH is 1. The minimum absolute atomic E-state index is 0.0199. The van der Waals surface area contributed by atoms with Crippen LogP contribution in [0.1, 0.15) is 42.6 Å². The number of phenolic OH excluding ortho intramolecular Hbond substituents is 1. The Labute approximate surface area is 318 Å². The third-order valence-electron chi connectivity index (χ3n) is 8.73. The van der Waals surface area contributed by atoms with E-state index in [2.05, 4.69) is 22.5 Å². The molecule has 18 heteroatoms. The van der Waals surface area contributed by atoms with Crippen LogP contribution in [-0.4, -0.2) is 129 Å². The summed E-state index contributed by atoms with van der Waals surface area (Å²) in [6.07, 6.45) is -2.17. The lowest BCUT2D eigenvalue weighted by molar-refractivity contribution is -0.130. The summed E-state index contributed by atoms with van der Waals surface area (Å²) in [4.78, 5) is 67.0. The van der Waals surface area contributed by atoms with E-state index in [0.717, 1.165) is 4.90 Å². The number of methoxy groups -OCH3 is 1. The van der Waals surface area contributed by atoms with Crippen molar-refractivity contribution in [3.8, 4) is 11.5 Å². The van der Waals surface area contributed by atoms with Crippen LogP contribution in [0.4, 0.5) is 16.2 Å². The molecule has 1 saturated heterocycles. The fourth-order valence-electron chi connectivity index (χ4n) is 5.81. The monoisotopic (exact) mass is 770 g/mol. The number of amides is 5. The number of carbonyl (C=O) groups is 5. The van der Waals surface area contributed by atoms with Crippen LogP contribution >= 0.6 is 0 Å². The molecular weight excluding hydrogens is 720 g/mol. The van der Waals surface area contributed by atoms with Crippen LogP contribution in [-0.2, 0) is 39.9 Å². The number of phenols is 1. The minimum Gasteiger partial charge on any atom is -0.504 e. The highest BCUT2D eigenvalue weighted by molar-refractivity contribution is 6.06. The van der Waals surface area contributed by atoms with Gasteiger partial charge in [-0.1, -0.05) is 24.3 Å². The molecule has 2 aliphatic rings. The third-order valence-corrected chi connectivity index (χ3v) is 8.73. The van der Waals surface area contributed by atoms with Gasteiger partial charge in [0, 0.05) is 31.3 Å². The van der Waals surface area contributed by atoms with E-state index in [4.69, 9.17) is 29.4 Å². The molecule has 2 aromatic carbocycles. The second-order valence-electron chi connectivity index (χ2n) is 12.9. The average Bonchev–Trinajstić information content (AvgIpc) is 3.53. The molecule has 2 aromatic rings. The predicted octanol–water partition coefficient (Wildman–Crippen LogP) is 0.993. The highest BCUT2D eigenvalue weighted by atomic mass is 16.6. The molecule has 7 N–H and O–H groups in total. The van der Waals surface area contributed by atoms with Gasteiger partial charge in [-0.05, 0) is 44.0 Å². The number of ether oxygens (including phenoxy) is 5. The first-order valence-corrected chi connectivity index (χ1v) is 17.8. The Kier molecular flexibility index (Phi) is 15.8. The van der Waals surface area contributed by atoms with E-state index in [1.165, 1.54) is 38.0 Å². The molecule has 0 saturated carbocycles. The summed E-state index contributed by atoms with van der Waals surface area (Å²) in [6, 6.07) is 6.21. The normalized spacial score (nSPS) is 17.4. The molecule has 55 heavy (non-hydrogen) atoms. The van der Waals surface area contributed by atoms with Gasteiger partial charge in [-0.2, -0.15) is 0 Å². The Bertz CT molecular complexity index is 1690. The van der Waals surface area contributed by atoms with Gasteiger partial charge in [-0.15, -0.1) is 0 Å². The van der Waals surface area contributed by atoms with E-state index in [-0.39, 0.29) is 55.4 Å². The summed E-state index contributed by atoms with van der Waals surface area (Å²) in [5.74, 6) is -2.24. The molecule has 300 valence electrons. The Morgan fingerprint density at radius 2 is 1.58 bits per heavy atom. The van der Waals surface area contributed by atoms with Crippen molar-refractivity contribution in [2.75, 3.05) is 70.1 Å². The van der Waals surface area contributed by atoms with E-state index < -0.39 is 54.1 Å². The molecule has 0 spiro atoms. The maximum absolute atomic E-state index is 13.5. The number of nitrogens with two attached hydrogens (primary N) is 1. The van der Waals surface area contributed by atoms with Crippen molar-refractivity contribution in [3.63, 3.8) is 0 Å². The number of rotatable bonds is 19. The molecule has 1 fully saturated rings. The smallest absolute Gasteiger partial charge is 0.416 e. The number of nitrogens with zero attached hydrogens (tertiary/aromatic N) is 2. The highest BCUT2D eigenvalue weighted by Crippen LogP contribution is 2.41. The molecule has 18 nitrogen and oxygen atoms in total. The van der Waals surface area contributed by atoms with Gasteiger partial charge in [0.05, 0.1) is 64.0 Å². The lowest BCUT2D eigenvalue weighted by atomic mass is 10.1. The van der Waals surface area contributed by atoms with Crippen LogP contribution in [0.5, 0.6) is 11.5 Å². The fourth-order valence-corrected chi connectivity index (χ4v) is 5.81. The quantitative estimate of drug-likeness (QED) is 0.0864. The van der Waals surface area contributed by atoms with Gasteiger partial charge >= 0.3 is 6.09 Å². The number of hydrogen-bond donors (Lipinski definition) is 6. The summed E-state index contributed by atoms with van der Waals surface area (Å²) < 4.78 is 26.6. The summed E-state index contributed by atoms with van der Waals surface area (Å²) in [6.45, 7) is 9.45. The van der Waals surface area contributed by atoms with Crippen LogP contribution in [0, 0.1) is 0 Å². The number of benzene rings is 2. The zero-order chi connectivity index (χ0) is 40.1. The summed E-state index contributed by atoms with van der Waals surface area (Å²) in [5, 5.41) is 29.6. The zero-order valence-corrected chi connectivity index (χ0v) is 31.2. The van der Waals surface area contributed by atoms with Crippen molar-refractivity contribution in [2.45, 2.75) is 57.6 Å². The number of fused-ring (bicyclic) bond motifs is 2. The van der Waals surface area contributed by atoms with Crippen LogP contribution in [0.25, 0.3) is 0 Å². The Morgan fingerprint density at radius 1 is 0.945 bits per heavy atom. The Morgan fingerprint density at radius 3 is 2.24 bits per heavy atom. The van der Waals surface area contributed by atoms with Crippen molar-refractivity contribution in [2.24, 2.45) is 5.73 Å². The first-order valence-electron chi connectivity index (χ1n) is 17.8. The van der Waals surface area contributed by atoms with E-state index in [1.54, 1.807) is 24.3 Å². The first-order chi connectivity index (χ1) is 26.3. The zero-order valence-electron chi connectivity index (χ0n) is 31.2. The van der Waals surface area contributed by atoms with E-state index in [1.807, 2.05) is 0 Å². The largest absolute Gasteiger partial charge is 0.504 e. The van der Waals surface area contributed by atoms with Gasteiger partial charge in [0.15, 0.2) is 17.7 Å². The molecule has 0 radical (unpaired) electrons. The van der Waals surface area contributed by atoms with Gasteiger partial charge in [-0.25, -0.2) is 9.69 Å². The maximum atomic E-state index is 13.5. The molecule has 5 amide bonds. The molecule has 0 bridgehead atoms. The average molecular weight is 771 g/mol. The lowest BCUT2D eigenvalue weighted by Crippen LogP contribution is -2.50.